The van der Waals surface area contributed by atoms with Crippen molar-refractivity contribution in [2.45, 2.75) is 18.9 Å². The van der Waals surface area contributed by atoms with Crippen molar-refractivity contribution in [2.24, 2.45) is 0 Å². The van der Waals surface area contributed by atoms with Crippen LogP contribution in [0.1, 0.15) is 18.9 Å². The van der Waals surface area contributed by atoms with Crippen LogP contribution in [0.5, 0.6) is 5.75 Å². The lowest BCUT2D eigenvalue weighted by Crippen LogP contribution is -2.35. The van der Waals surface area contributed by atoms with Gasteiger partial charge in [0, 0.05) is 6.04 Å². The molecule has 6 heteroatoms. The van der Waals surface area contributed by atoms with Gasteiger partial charge in [-0.15, -0.1) is 0 Å². The lowest BCUT2D eigenvalue weighted by Gasteiger charge is -2.25. The summed E-state index contributed by atoms with van der Waals surface area (Å²) in [6.07, 6.45) is 1.75. The topological polar surface area (TPSA) is 56.1 Å². The highest BCUT2D eigenvalue weighted by atomic mass is 35.5. The number of hydrogen-bond donors (Lipinski definition) is 1. The first-order valence-electron chi connectivity index (χ1n) is 6.68. The van der Waals surface area contributed by atoms with Gasteiger partial charge in [0.1, 0.15) is 11.1 Å². The van der Waals surface area contributed by atoms with E-state index in [1.165, 1.54) is 0 Å². The maximum Gasteiger partial charge on any atom is 0.266 e. The Bertz CT molecular complexity index is 693. The zero-order chi connectivity index (χ0) is 14.1. The second-order valence-electron chi connectivity index (χ2n) is 4.89. The average molecular weight is 294 g/mol. The molecule has 0 amide bonds. The number of halogens is 1. The van der Waals surface area contributed by atoms with E-state index in [4.69, 9.17) is 16.3 Å². The molecule has 1 aliphatic rings. The Kier molecular flexibility index (Phi) is 3.63. The van der Waals surface area contributed by atoms with Gasteiger partial charge in [0.2, 0.25) is 5.28 Å². The number of hydrogen-bond acceptors (Lipinski definition) is 4. The Morgan fingerprint density at radius 2 is 2.15 bits per heavy atom. The van der Waals surface area contributed by atoms with E-state index in [0.717, 1.165) is 25.9 Å². The van der Waals surface area contributed by atoms with Crippen LogP contribution in [0.15, 0.2) is 23.0 Å². The highest BCUT2D eigenvalue weighted by Crippen LogP contribution is 2.26. The van der Waals surface area contributed by atoms with Crippen LogP contribution in [0.25, 0.3) is 10.9 Å². The minimum absolute atomic E-state index is 0.0954. The zero-order valence-corrected chi connectivity index (χ0v) is 12.0. The molecule has 0 aliphatic carbocycles. The molecule has 20 heavy (non-hydrogen) atoms. The summed E-state index contributed by atoms with van der Waals surface area (Å²) < 4.78 is 6.89. The molecule has 0 saturated carbocycles. The number of fused-ring (bicyclic) bond motifs is 1. The maximum absolute atomic E-state index is 12.8. The van der Waals surface area contributed by atoms with E-state index in [-0.39, 0.29) is 16.9 Å². The van der Waals surface area contributed by atoms with Gasteiger partial charge < -0.3 is 10.1 Å². The van der Waals surface area contributed by atoms with Crippen LogP contribution in [0.4, 0.5) is 0 Å². The lowest BCUT2D eigenvalue weighted by atomic mass is 10.1. The van der Waals surface area contributed by atoms with Gasteiger partial charge in [-0.1, -0.05) is 6.07 Å². The van der Waals surface area contributed by atoms with Gasteiger partial charge in [-0.25, -0.2) is 4.98 Å². The Balaban J connectivity index is 2.24. The third-order valence-corrected chi connectivity index (χ3v) is 4.01. The number of methoxy groups -OCH3 is 1. The quantitative estimate of drug-likeness (QED) is 0.860. The highest BCUT2D eigenvalue weighted by molar-refractivity contribution is 6.28. The summed E-state index contributed by atoms with van der Waals surface area (Å²) in [7, 11) is 1.55. The fourth-order valence-corrected chi connectivity index (χ4v) is 3.04. The smallest absolute Gasteiger partial charge is 0.266 e. The molecular formula is C14H16ClN3O2. The normalized spacial score (nSPS) is 16.5. The minimum atomic E-state index is -0.121. The van der Waals surface area contributed by atoms with E-state index in [1.807, 2.05) is 0 Å². The van der Waals surface area contributed by atoms with Gasteiger partial charge in [0.15, 0.2) is 0 Å². The first-order chi connectivity index (χ1) is 9.72. The van der Waals surface area contributed by atoms with Crippen LogP contribution in [-0.4, -0.2) is 29.8 Å². The van der Waals surface area contributed by atoms with Crippen molar-refractivity contribution in [2.75, 3.05) is 20.2 Å². The van der Waals surface area contributed by atoms with Crippen LogP contribution >= 0.6 is 11.6 Å². The molecule has 0 bridgehead atoms. The molecule has 3 rings (SSSR count). The first kappa shape index (κ1) is 13.4. The Morgan fingerprint density at radius 1 is 1.40 bits per heavy atom. The lowest BCUT2D eigenvalue weighted by molar-refractivity contribution is 0.359. The van der Waals surface area contributed by atoms with Crippen molar-refractivity contribution >= 4 is 22.5 Å². The predicted octanol–water partition coefficient (Wildman–Crippen LogP) is 1.98. The first-order valence-corrected chi connectivity index (χ1v) is 7.05. The van der Waals surface area contributed by atoms with E-state index in [9.17, 15) is 4.79 Å². The fourth-order valence-electron chi connectivity index (χ4n) is 2.74. The van der Waals surface area contributed by atoms with Crippen molar-refractivity contribution in [3.8, 4) is 5.75 Å². The molecule has 0 atom stereocenters. The second-order valence-corrected chi connectivity index (χ2v) is 5.23. The van der Waals surface area contributed by atoms with Crippen LogP contribution in [0, 0.1) is 0 Å². The number of rotatable bonds is 2. The highest BCUT2D eigenvalue weighted by Gasteiger charge is 2.21. The molecule has 5 nitrogen and oxygen atoms in total. The van der Waals surface area contributed by atoms with Gasteiger partial charge in [-0.3, -0.25) is 9.36 Å². The van der Waals surface area contributed by atoms with Gasteiger partial charge in [0.25, 0.3) is 5.56 Å². The van der Waals surface area contributed by atoms with Gasteiger partial charge in [-0.05, 0) is 49.7 Å². The summed E-state index contributed by atoms with van der Waals surface area (Å²) >= 11 is 6.23. The number of nitrogens with zero attached hydrogens (tertiary/aromatic N) is 2. The fraction of sp³-hybridized carbons (Fsp3) is 0.429. The van der Waals surface area contributed by atoms with E-state index in [0.29, 0.717) is 16.7 Å². The molecule has 106 valence electrons. The van der Waals surface area contributed by atoms with Crippen LogP contribution in [0.2, 0.25) is 5.28 Å². The SMILES string of the molecule is COc1cccc2nc(Cl)n(C3CCNCC3)c(=O)c12. The van der Waals surface area contributed by atoms with Gasteiger partial charge >= 0.3 is 0 Å². The Labute approximate surface area is 121 Å². The van der Waals surface area contributed by atoms with Crippen molar-refractivity contribution in [1.82, 2.24) is 14.9 Å². The standard InChI is InChI=1S/C14H16ClN3O2/c1-20-11-4-2-3-10-12(11)13(19)18(14(15)17-10)9-5-7-16-8-6-9/h2-4,9,16H,5-8H2,1H3. The van der Waals surface area contributed by atoms with Gasteiger partial charge in [-0.2, -0.15) is 0 Å². The summed E-state index contributed by atoms with van der Waals surface area (Å²) in [5, 5.41) is 4.03. The summed E-state index contributed by atoms with van der Waals surface area (Å²) in [5.41, 5.74) is 0.453. The Morgan fingerprint density at radius 3 is 2.85 bits per heavy atom. The minimum Gasteiger partial charge on any atom is -0.496 e. The largest absolute Gasteiger partial charge is 0.496 e. The monoisotopic (exact) mass is 293 g/mol. The predicted molar refractivity (Wildman–Crippen MR) is 78.7 cm³/mol. The number of benzene rings is 1. The molecule has 0 spiro atoms. The van der Waals surface area contributed by atoms with E-state index < -0.39 is 0 Å². The summed E-state index contributed by atoms with van der Waals surface area (Å²) in [6.45, 7) is 1.77. The summed E-state index contributed by atoms with van der Waals surface area (Å²) in [4.78, 5) is 17.1. The van der Waals surface area contributed by atoms with Crippen molar-refractivity contribution in [3.05, 3.63) is 33.8 Å². The van der Waals surface area contributed by atoms with Crippen LogP contribution in [0.3, 0.4) is 0 Å². The molecule has 0 radical (unpaired) electrons. The molecule has 1 aliphatic heterocycles. The number of aromatic nitrogens is 2. The van der Waals surface area contributed by atoms with E-state index in [2.05, 4.69) is 10.3 Å². The van der Waals surface area contributed by atoms with Crippen molar-refractivity contribution in [1.29, 1.82) is 0 Å². The summed E-state index contributed by atoms with van der Waals surface area (Å²) in [6, 6.07) is 5.45. The maximum atomic E-state index is 12.8. The number of nitrogens with one attached hydrogen (secondary N) is 1. The molecule has 0 unspecified atom stereocenters. The van der Waals surface area contributed by atoms with Crippen molar-refractivity contribution in [3.63, 3.8) is 0 Å². The summed E-state index contributed by atoms with van der Waals surface area (Å²) in [5.74, 6) is 0.541. The van der Waals surface area contributed by atoms with Gasteiger partial charge in [0.05, 0.1) is 12.6 Å². The molecule has 1 N–H and O–H groups in total. The molecule has 2 heterocycles. The molecule has 1 aromatic carbocycles. The molecule has 1 fully saturated rings. The molecule has 1 aromatic heterocycles. The number of piperidine rings is 1. The Hall–Kier alpha value is -1.59. The van der Waals surface area contributed by atoms with Crippen molar-refractivity contribution < 1.29 is 4.74 Å². The number of ether oxygens (including phenoxy) is 1. The molecule has 2 aromatic rings. The van der Waals surface area contributed by atoms with E-state index in [1.54, 1.807) is 29.9 Å². The zero-order valence-electron chi connectivity index (χ0n) is 11.2. The third kappa shape index (κ3) is 2.17. The molecular weight excluding hydrogens is 278 g/mol. The third-order valence-electron chi connectivity index (χ3n) is 3.74. The van der Waals surface area contributed by atoms with Crippen LogP contribution in [-0.2, 0) is 0 Å². The average Bonchev–Trinajstić information content (AvgIpc) is 2.47. The second kappa shape index (κ2) is 5.42. The van der Waals surface area contributed by atoms with E-state index >= 15 is 0 Å². The van der Waals surface area contributed by atoms with Crippen LogP contribution < -0.4 is 15.6 Å². The molecule has 1 saturated heterocycles.